The van der Waals surface area contributed by atoms with Gasteiger partial charge in [-0.15, -0.1) is 0 Å². The number of phenolic OH excluding ortho intramolecular Hbond substituents is 1. The Balaban J connectivity index is 2.05. The van der Waals surface area contributed by atoms with Crippen molar-refractivity contribution in [2.45, 2.75) is 0 Å². The van der Waals surface area contributed by atoms with Crippen LogP contribution in [0.4, 0.5) is 11.4 Å². The highest BCUT2D eigenvalue weighted by Gasteiger charge is 2.34. The number of aromatic hydroxyl groups is 1. The van der Waals surface area contributed by atoms with Gasteiger partial charge in [0.1, 0.15) is 5.57 Å². The molecule has 0 aliphatic carbocycles. The van der Waals surface area contributed by atoms with Crippen molar-refractivity contribution in [1.29, 1.82) is 0 Å². The number of benzene rings is 2. The van der Waals surface area contributed by atoms with Crippen molar-refractivity contribution in [1.82, 2.24) is 5.43 Å². The van der Waals surface area contributed by atoms with Gasteiger partial charge in [-0.3, -0.25) is 25.1 Å². The maximum absolute atomic E-state index is 12.5. The quantitative estimate of drug-likeness (QED) is 0.373. The molecular weight excluding hydrogens is 342 g/mol. The van der Waals surface area contributed by atoms with E-state index in [1.165, 1.54) is 7.11 Å². The molecule has 2 amide bonds. The minimum Gasteiger partial charge on any atom is -0.504 e. The van der Waals surface area contributed by atoms with Crippen LogP contribution in [0.15, 0.2) is 48.0 Å². The van der Waals surface area contributed by atoms with E-state index in [0.29, 0.717) is 5.69 Å². The van der Waals surface area contributed by atoms with Gasteiger partial charge in [0.05, 0.1) is 23.8 Å². The van der Waals surface area contributed by atoms with Gasteiger partial charge in [-0.25, -0.2) is 5.01 Å². The molecule has 1 heterocycles. The first-order chi connectivity index (χ1) is 12.4. The average molecular weight is 355 g/mol. The Morgan fingerprint density at radius 1 is 1.23 bits per heavy atom. The van der Waals surface area contributed by atoms with Crippen molar-refractivity contribution in [3.8, 4) is 11.5 Å². The number of hydrazine groups is 1. The van der Waals surface area contributed by atoms with Crippen LogP contribution in [0.5, 0.6) is 11.5 Å². The van der Waals surface area contributed by atoms with Crippen LogP contribution in [-0.2, 0) is 9.59 Å². The highest BCUT2D eigenvalue weighted by atomic mass is 16.6. The fourth-order valence-corrected chi connectivity index (χ4v) is 2.46. The molecule has 0 bridgehead atoms. The zero-order valence-electron chi connectivity index (χ0n) is 13.5. The number of carbonyl (C=O) groups is 2. The normalized spacial score (nSPS) is 15.3. The van der Waals surface area contributed by atoms with Crippen molar-refractivity contribution in [2.24, 2.45) is 0 Å². The number of carbonyl (C=O) groups excluding carboxylic acids is 2. The fraction of sp³-hybridized carbons (Fsp3) is 0.0588. The largest absolute Gasteiger partial charge is 0.504 e. The molecule has 26 heavy (non-hydrogen) atoms. The summed E-state index contributed by atoms with van der Waals surface area (Å²) in [6.07, 6.45) is 1.09. The van der Waals surface area contributed by atoms with Crippen molar-refractivity contribution < 1.29 is 24.4 Å². The number of phenols is 1. The number of non-ortho nitro benzene ring substituents is 1. The van der Waals surface area contributed by atoms with Crippen molar-refractivity contribution in [3.05, 3.63) is 63.7 Å². The summed E-state index contributed by atoms with van der Waals surface area (Å²) in [5.74, 6) is -1.89. The first-order valence-corrected chi connectivity index (χ1v) is 7.40. The number of methoxy groups -OCH3 is 1. The van der Waals surface area contributed by atoms with Crippen LogP contribution in [0, 0.1) is 10.1 Å². The molecule has 0 spiro atoms. The molecule has 9 heteroatoms. The van der Waals surface area contributed by atoms with Crippen LogP contribution >= 0.6 is 0 Å². The van der Waals surface area contributed by atoms with Gasteiger partial charge in [-0.1, -0.05) is 18.2 Å². The summed E-state index contributed by atoms with van der Waals surface area (Å²) in [7, 11) is 1.24. The number of nitro benzene ring substituents is 1. The molecule has 2 aromatic carbocycles. The highest BCUT2D eigenvalue weighted by Crippen LogP contribution is 2.36. The third-order valence-corrected chi connectivity index (χ3v) is 3.73. The number of rotatable bonds is 4. The number of hydrogen-bond donors (Lipinski definition) is 2. The van der Waals surface area contributed by atoms with Crippen LogP contribution in [0.3, 0.4) is 0 Å². The van der Waals surface area contributed by atoms with E-state index in [9.17, 15) is 24.8 Å². The van der Waals surface area contributed by atoms with Gasteiger partial charge in [0.2, 0.25) is 0 Å². The van der Waals surface area contributed by atoms with Crippen LogP contribution in [0.2, 0.25) is 0 Å². The predicted octanol–water partition coefficient (Wildman–Crippen LogP) is 1.77. The van der Waals surface area contributed by atoms with Crippen molar-refractivity contribution >= 4 is 29.3 Å². The van der Waals surface area contributed by atoms with Crippen LogP contribution in [0.25, 0.3) is 6.08 Å². The van der Waals surface area contributed by atoms with E-state index in [-0.39, 0.29) is 22.6 Å². The van der Waals surface area contributed by atoms with E-state index >= 15 is 0 Å². The summed E-state index contributed by atoms with van der Waals surface area (Å²) in [5, 5.41) is 22.2. The summed E-state index contributed by atoms with van der Waals surface area (Å²) >= 11 is 0. The number of amides is 2. The second kappa shape index (κ2) is 6.55. The number of nitro groups is 1. The number of nitrogens with zero attached hydrogens (tertiary/aromatic N) is 2. The van der Waals surface area contributed by atoms with E-state index in [2.05, 4.69) is 5.43 Å². The Bertz CT molecular complexity index is 939. The van der Waals surface area contributed by atoms with E-state index in [0.717, 1.165) is 23.2 Å². The van der Waals surface area contributed by atoms with Crippen LogP contribution in [0.1, 0.15) is 5.56 Å². The maximum Gasteiger partial charge on any atom is 0.282 e. The van der Waals surface area contributed by atoms with Gasteiger partial charge < -0.3 is 9.84 Å². The van der Waals surface area contributed by atoms with E-state index in [1.807, 2.05) is 0 Å². The number of anilines is 1. The molecule has 2 N–H and O–H groups in total. The topological polar surface area (TPSA) is 122 Å². The zero-order chi connectivity index (χ0) is 18.8. The van der Waals surface area contributed by atoms with Gasteiger partial charge >= 0.3 is 0 Å². The minimum atomic E-state index is -0.691. The number of nitrogens with one attached hydrogen (secondary N) is 1. The van der Waals surface area contributed by atoms with E-state index in [1.54, 1.807) is 30.3 Å². The number of hydrogen-bond acceptors (Lipinski definition) is 6. The Labute approximate surface area is 147 Å². The standard InChI is InChI=1S/C17H13N3O6/c1-26-14-9-12(20(24)25)7-10(15(14)21)8-13-16(22)18-19(17(13)23)11-5-3-2-4-6-11/h2-9,21H,1H3,(H,18,22). The minimum absolute atomic E-state index is 0.0792. The molecule has 1 aliphatic heterocycles. The zero-order valence-corrected chi connectivity index (χ0v) is 13.5. The lowest BCUT2D eigenvalue weighted by Crippen LogP contribution is -2.35. The molecule has 132 valence electrons. The Morgan fingerprint density at radius 2 is 1.92 bits per heavy atom. The summed E-state index contributed by atoms with van der Waals surface area (Å²) < 4.78 is 4.91. The number of para-hydroxylation sites is 1. The first-order valence-electron chi connectivity index (χ1n) is 7.40. The van der Waals surface area contributed by atoms with Crippen LogP contribution in [-0.4, -0.2) is 29.0 Å². The molecule has 0 saturated carbocycles. The molecule has 0 aromatic heterocycles. The molecule has 0 atom stereocenters. The SMILES string of the molecule is COc1cc([N+](=O)[O-])cc(C=C2C(=O)NN(c3ccccc3)C2=O)c1O. The third-order valence-electron chi connectivity index (χ3n) is 3.73. The Kier molecular flexibility index (Phi) is 4.27. The Hall–Kier alpha value is -3.88. The lowest BCUT2D eigenvalue weighted by molar-refractivity contribution is -0.385. The van der Waals surface area contributed by atoms with E-state index in [4.69, 9.17) is 4.74 Å². The van der Waals surface area contributed by atoms with Gasteiger partial charge in [0, 0.05) is 11.6 Å². The predicted molar refractivity (Wildman–Crippen MR) is 91.4 cm³/mol. The van der Waals surface area contributed by atoms with Crippen molar-refractivity contribution in [2.75, 3.05) is 12.1 Å². The lowest BCUT2D eigenvalue weighted by atomic mass is 10.1. The molecule has 3 rings (SSSR count). The molecule has 2 aromatic rings. The van der Waals surface area contributed by atoms with Gasteiger partial charge in [-0.2, -0.15) is 0 Å². The smallest absolute Gasteiger partial charge is 0.282 e. The van der Waals surface area contributed by atoms with Crippen LogP contribution < -0.4 is 15.2 Å². The molecular formula is C17H13N3O6. The summed E-state index contributed by atoms with van der Waals surface area (Å²) in [6.45, 7) is 0. The highest BCUT2D eigenvalue weighted by molar-refractivity contribution is 6.31. The molecule has 1 saturated heterocycles. The van der Waals surface area contributed by atoms with Gasteiger partial charge in [0.15, 0.2) is 11.5 Å². The third kappa shape index (κ3) is 2.93. The maximum atomic E-state index is 12.5. The molecule has 0 radical (unpaired) electrons. The van der Waals surface area contributed by atoms with E-state index < -0.39 is 22.5 Å². The molecule has 9 nitrogen and oxygen atoms in total. The Morgan fingerprint density at radius 3 is 2.54 bits per heavy atom. The molecule has 0 unspecified atom stereocenters. The fourth-order valence-electron chi connectivity index (χ4n) is 2.46. The number of ether oxygens (including phenoxy) is 1. The molecule has 1 fully saturated rings. The average Bonchev–Trinajstić information content (AvgIpc) is 2.92. The second-order valence-electron chi connectivity index (χ2n) is 5.32. The van der Waals surface area contributed by atoms with Gasteiger partial charge in [-0.05, 0) is 18.2 Å². The second-order valence-corrected chi connectivity index (χ2v) is 5.32. The monoisotopic (exact) mass is 355 g/mol. The molecule has 1 aliphatic rings. The first kappa shape index (κ1) is 17.0. The van der Waals surface area contributed by atoms with Gasteiger partial charge in [0.25, 0.3) is 17.5 Å². The summed E-state index contributed by atoms with van der Waals surface area (Å²) in [5.41, 5.74) is 2.16. The summed E-state index contributed by atoms with van der Waals surface area (Å²) in [4.78, 5) is 35.1. The summed E-state index contributed by atoms with van der Waals surface area (Å²) in [6, 6.07) is 10.5. The van der Waals surface area contributed by atoms with Crippen molar-refractivity contribution in [3.63, 3.8) is 0 Å². The lowest BCUT2D eigenvalue weighted by Gasteiger charge is -2.13.